The Morgan fingerprint density at radius 2 is 2.05 bits per heavy atom. The van der Waals surface area contributed by atoms with Crippen LogP contribution in [0, 0.1) is 5.92 Å². The van der Waals surface area contributed by atoms with E-state index in [0.717, 1.165) is 13.0 Å². The summed E-state index contributed by atoms with van der Waals surface area (Å²) in [5.41, 5.74) is 0.629. The van der Waals surface area contributed by atoms with Gasteiger partial charge in [0.15, 0.2) is 0 Å². The molecule has 0 bridgehead atoms. The summed E-state index contributed by atoms with van der Waals surface area (Å²) in [6.45, 7) is 9.64. The van der Waals surface area contributed by atoms with Crippen molar-refractivity contribution in [1.82, 2.24) is 9.29 Å². The molecule has 0 aliphatic heterocycles. The normalized spacial score (nSPS) is 12.1. The highest BCUT2D eigenvalue weighted by Gasteiger charge is 2.26. The van der Waals surface area contributed by atoms with Gasteiger partial charge >= 0.3 is 0 Å². The standard InChI is InChI=1S/C14H25N3O2S/c1-5-8-16-13-7-9-15-10-14(13)20(18,19)17(6-2)11-12(3)4/h7,9-10,12H,5-6,8,11H2,1-4H3,(H,15,16). The zero-order valence-corrected chi connectivity index (χ0v) is 13.6. The minimum absolute atomic E-state index is 0.260. The summed E-state index contributed by atoms with van der Waals surface area (Å²) in [5, 5.41) is 3.16. The fraction of sp³-hybridized carbons (Fsp3) is 0.643. The summed E-state index contributed by atoms with van der Waals surface area (Å²) in [6.07, 6.45) is 3.97. The lowest BCUT2D eigenvalue weighted by molar-refractivity contribution is 0.381. The fourth-order valence-corrected chi connectivity index (χ4v) is 3.66. The van der Waals surface area contributed by atoms with Crippen LogP contribution in [-0.2, 0) is 10.0 Å². The molecule has 0 atom stereocenters. The van der Waals surface area contributed by atoms with E-state index in [1.807, 2.05) is 27.7 Å². The van der Waals surface area contributed by atoms with Gasteiger partial charge in [0.25, 0.3) is 0 Å². The van der Waals surface area contributed by atoms with E-state index in [1.165, 1.54) is 10.5 Å². The molecular weight excluding hydrogens is 274 g/mol. The third kappa shape index (κ3) is 4.18. The predicted molar refractivity (Wildman–Crippen MR) is 82.3 cm³/mol. The van der Waals surface area contributed by atoms with Gasteiger partial charge in [-0.05, 0) is 18.4 Å². The van der Waals surface area contributed by atoms with Crippen LogP contribution in [-0.4, -0.2) is 37.3 Å². The van der Waals surface area contributed by atoms with E-state index in [-0.39, 0.29) is 10.8 Å². The monoisotopic (exact) mass is 299 g/mol. The van der Waals surface area contributed by atoms with Crippen LogP contribution in [0.1, 0.15) is 34.1 Å². The van der Waals surface area contributed by atoms with E-state index in [4.69, 9.17) is 0 Å². The average molecular weight is 299 g/mol. The SMILES string of the molecule is CCCNc1ccncc1S(=O)(=O)N(CC)CC(C)C. The fourth-order valence-electron chi connectivity index (χ4n) is 1.93. The van der Waals surface area contributed by atoms with Crippen molar-refractivity contribution in [1.29, 1.82) is 0 Å². The lowest BCUT2D eigenvalue weighted by Gasteiger charge is -2.23. The summed E-state index contributed by atoms with van der Waals surface area (Å²) >= 11 is 0. The minimum atomic E-state index is -3.50. The first kappa shape index (κ1) is 16.9. The molecule has 0 spiro atoms. The Bertz CT molecular complexity index is 515. The first-order valence-corrected chi connectivity index (χ1v) is 8.55. The van der Waals surface area contributed by atoms with Crippen molar-refractivity contribution in [3.63, 3.8) is 0 Å². The lowest BCUT2D eigenvalue weighted by Crippen LogP contribution is -2.34. The number of nitrogens with one attached hydrogen (secondary N) is 1. The van der Waals surface area contributed by atoms with E-state index in [2.05, 4.69) is 10.3 Å². The van der Waals surface area contributed by atoms with Gasteiger partial charge in [0.1, 0.15) is 4.90 Å². The molecule has 0 radical (unpaired) electrons. The molecule has 0 aliphatic rings. The lowest BCUT2D eigenvalue weighted by atomic mass is 10.2. The Morgan fingerprint density at radius 1 is 1.35 bits per heavy atom. The molecule has 1 aromatic heterocycles. The summed E-state index contributed by atoms with van der Waals surface area (Å²) < 4.78 is 27.0. The predicted octanol–water partition coefficient (Wildman–Crippen LogP) is 2.57. The van der Waals surface area contributed by atoms with Crippen molar-refractivity contribution in [2.75, 3.05) is 25.0 Å². The third-order valence-electron chi connectivity index (χ3n) is 2.89. The van der Waals surface area contributed by atoms with Crippen molar-refractivity contribution in [2.24, 2.45) is 5.92 Å². The third-order valence-corrected chi connectivity index (χ3v) is 4.86. The minimum Gasteiger partial charge on any atom is -0.384 e. The van der Waals surface area contributed by atoms with Crippen LogP contribution in [0.3, 0.4) is 0 Å². The zero-order valence-electron chi connectivity index (χ0n) is 12.8. The molecule has 6 heteroatoms. The smallest absolute Gasteiger partial charge is 0.246 e. The van der Waals surface area contributed by atoms with Gasteiger partial charge in [0.05, 0.1) is 5.69 Å². The topological polar surface area (TPSA) is 62.3 Å². The number of hydrogen-bond acceptors (Lipinski definition) is 4. The van der Waals surface area contributed by atoms with Gasteiger partial charge in [-0.25, -0.2) is 8.42 Å². The van der Waals surface area contributed by atoms with Gasteiger partial charge in [-0.15, -0.1) is 0 Å². The maximum absolute atomic E-state index is 12.7. The maximum Gasteiger partial charge on any atom is 0.246 e. The van der Waals surface area contributed by atoms with Gasteiger partial charge in [-0.3, -0.25) is 4.98 Å². The molecule has 1 N–H and O–H groups in total. The molecule has 0 unspecified atom stereocenters. The summed E-state index contributed by atoms with van der Waals surface area (Å²) in [7, 11) is -3.50. The Hall–Kier alpha value is -1.14. The van der Waals surface area contributed by atoms with Gasteiger partial charge < -0.3 is 5.32 Å². The Balaban J connectivity index is 3.13. The van der Waals surface area contributed by atoms with Crippen LogP contribution in [0.2, 0.25) is 0 Å². The molecule has 0 saturated carbocycles. The van der Waals surface area contributed by atoms with Crippen LogP contribution in [0.25, 0.3) is 0 Å². The van der Waals surface area contributed by atoms with Gasteiger partial charge in [-0.2, -0.15) is 4.31 Å². The van der Waals surface area contributed by atoms with Crippen LogP contribution >= 0.6 is 0 Å². The molecule has 1 rings (SSSR count). The molecule has 5 nitrogen and oxygen atoms in total. The summed E-state index contributed by atoms with van der Waals surface area (Å²) in [6, 6.07) is 1.71. The Kier molecular flexibility index (Phi) is 6.42. The number of rotatable bonds is 8. The zero-order chi connectivity index (χ0) is 15.2. The molecule has 0 fully saturated rings. The van der Waals surface area contributed by atoms with Gasteiger partial charge in [-0.1, -0.05) is 27.7 Å². The quantitative estimate of drug-likeness (QED) is 0.801. The number of aromatic nitrogens is 1. The van der Waals surface area contributed by atoms with E-state index < -0.39 is 10.0 Å². The van der Waals surface area contributed by atoms with Gasteiger partial charge in [0, 0.05) is 32.0 Å². The summed E-state index contributed by atoms with van der Waals surface area (Å²) in [4.78, 5) is 4.23. The van der Waals surface area contributed by atoms with Crippen molar-refractivity contribution >= 4 is 15.7 Å². The van der Waals surface area contributed by atoms with Crippen LogP contribution in [0.5, 0.6) is 0 Å². The van der Waals surface area contributed by atoms with E-state index in [1.54, 1.807) is 12.3 Å². The van der Waals surface area contributed by atoms with Crippen molar-refractivity contribution in [3.8, 4) is 0 Å². The van der Waals surface area contributed by atoms with Crippen molar-refractivity contribution in [2.45, 2.75) is 39.0 Å². The number of sulfonamides is 1. The summed E-state index contributed by atoms with van der Waals surface area (Å²) in [5.74, 6) is 0.286. The van der Waals surface area contributed by atoms with Crippen molar-refractivity contribution < 1.29 is 8.42 Å². The molecule has 1 heterocycles. The largest absolute Gasteiger partial charge is 0.384 e. The Morgan fingerprint density at radius 3 is 2.60 bits per heavy atom. The molecule has 0 amide bonds. The van der Waals surface area contributed by atoms with Crippen LogP contribution in [0.4, 0.5) is 5.69 Å². The number of anilines is 1. The molecule has 0 aromatic carbocycles. The second-order valence-corrected chi connectivity index (χ2v) is 7.05. The van der Waals surface area contributed by atoms with Crippen molar-refractivity contribution in [3.05, 3.63) is 18.5 Å². The number of nitrogens with zero attached hydrogens (tertiary/aromatic N) is 2. The highest BCUT2D eigenvalue weighted by atomic mass is 32.2. The molecule has 1 aromatic rings. The maximum atomic E-state index is 12.7. The van der Waals surface area contributed by atoms with Gasteiger partial charge in [0.2, 0.25) is 10.0 Å². The van der Waals surface area contributed by atoms with Crippen LogP contribution in [0.15, 0.2) is 23.4 Å². The first-order valence-electron chi connectivity index (χ1n) is 7.11. The van der Waals surface area contributed by atoms with Crippen LogP contribution < -0.4 is 5.32 Å². The second kappa shape index (κ2) is 7.59. The van der Waals surface area contributed by atoms with E-state index in [0.29, 0.717) is 18.8 Å². The average Bonchev–Trinajstić information content (AvgIpc) is 2.42. The molecule has 0 aliphatic carbocycles. The second-order valence-electron chi connectivity index (χ2n) is 5.15. The van der Waals surface area contributed by atoms with E-state index in [9.17, 15) is 8.42 Å². The first-order chi connectivity index (χ1) is 9.43. The van der Waals surface area contributed by atoms with E-state index >= 15 is 0 Å². The molecular formula is C14H25N3O2S. The Labute approximate surface area is 122 Å². The molecule has 20 heavy (non-hydrogen) atoms. The highest BCUT2D eigenvalue weighted by molar-refractivity contribution is 7.89. The number of hydrogen-bond donors (Lipinski definition) is 1. The molecule has 0 saturated heterocycles. The molecule has 114 valence electrons. The highest BCUT2D eigenvalue weighted by Crippen LogP contribution is 2.24. The number of pyridine rings is 1.